The Morgan fingerprint density at radius 1 is 1.25 bits per heavy atom. The first kappa shape index (κ1) is 16.6. The molecule has 6 heteroatoms. The van der Waals surface area contributed by atoms with Crippen LogP contribution >= 0.6 is 0 Å². The van der Waals surface area contributed by atoms with Gasteiger partial charge in [0, 0.05) is 17.8 Å². The van der Waals surface area contributed by atoms with Crippen LogP contribution in [0.3, 0.4) is 0 Å². The van der Waals surface area contributed by atoms with Crippen molar-refractivity contribution in [2.45, 2.75) is 45.6 Å². The highest BCUT2D eigenvalue weighted by molar-refractivity contribution is 5.75. The third kappa shape index (κ3) is 3.47. The maximum atomic E-state index is 13.6. The first-order valence-electron chi connectivity index (χ1n) is 8.30. The number of aromatic nitrogens is 2. The summed E-state index contributed by atoms with van der Waals surface area (Å²) in [5.74, 6) is -0.481. The summed E-state index contributed by atoms with van der Waals surface area (Å²) in [5, 5.41) is 2.74. The lowest BCUT2D eigenvalue weighted by Crippen LogP contribution is -2.30. The average molecular weight is 333 g/mol. The molecule has 0 saturated carbocycles. The van der Waals surface area contributed by atoms with Crippen molar-refractivity contribution < 1.29 is 13.6 Å². The summed E-state index contributed by atoms with van der Waals surface area (Å²) in [6, 6.07) is 3.78. The van der Waals surface area contributed by atoms with Crippen LogP contribution in [-0.2, 0) is 30.6 Å². The second-order valence-corrected chi connectivity index (χ2v) is 6.15. The largest absolute Gasteiger partial charge is 0.354 e. The Balaban J connectivity index is 1.58. The number of carbonyl (C=O) groups is 1. The summed E-state index contributed by atoms with van der Waals surface area (Å²) >= 11 is 0. The maximum absolute atomic E-state index is 13.6. The fourth-order valence-corrected chi connectivity index (χ4v) is 3.24. The molecule has 1 amide bonds. The van der Waals surface area contributed by atoms with Crippen LogP contribution in [0.5, 0.6) is 0 Å². The highest BCUT2D eigenvalue weighted by Gasteiger charge is 2.19. The number of aryl methyl sites for hydroxylation is 2. The maximum Gasteiger partial charge on any atom is 0.240 e. The molecule has 0 unspecified atom stereocenters. The van der Waals surface area contributed by atoms with Gasteiger partial charge in [-0.25, -0.2) is 13.8 Å². The van der Waals surface area contributed by atoms with Crippen molar-refractivity contribution in [3.8, 4) is 0 Å². The number of amides is 1. The standard InChI is InChI=1S/C18H21F2N3O/c1-12-22-16-7-2-3-8-17(16)23(12)11-18(24)21-10-9-13-14(19)5-4-6-15(13)20/h4-6H,2-3,7-11H2,1H3,(H,21,24). The number of rotatable bonds is 5. The van der Waals surface area contributed by atoms with Crippen molar-refractivity contribution in [1.82, 2.24) is 14.9 Å². The number of imidazole rings is 1. The molecule has 1 aromatic heterocycles. The Bertz CT molecular complexity index is 735. The predicted octanol–water partition coefficient (Wildman–Crippen LogP) is 2.71. The van der Waals surface area contributed by atoms with Crippen molar-refractivity contribution in [3.05, 3.63) is 52.6 Å². The predicted molar refractivity (Wildman–Crippen MR) is 86.7 cm³/mol. The number of nitrogens with one attached hydrogen (secondary N) is 1. The van der Waals surface area contributed by atoms with Gasteiger partial charge in [0.15, 0.2) is 0 Å². The van der Waals surface area contributed by atoms with Gasteiger partial charge in [0.25, 0.3) is 0 Å². The highest BCUT2D eigenvalue weighted by Crippen LogP contribution is 2.21. The number of hydrogen-bond acceptors (Lipinski definition) is 2. The molecule has 4 nitrogen and oxygen atoms in total. The van der Waals surface area contributed by atoms with Crippen LogP contribution < -0.4 is 5.32 Å². The number of hydrogen-bond donors (Lipinski definition) is 1. The molecule has 0 radical (unpaired) electrons. The quantitative estimate of drug-likeness (QED) is 0.914. The van der Waals surface area contributed by atoms with E-state index in [0.29, 0.717) is 0 Å². The van der Waals surface area contributed by atoms with Gasteiger partial charge in [0.05, 0.1) is 5.69 Å². The van der Waals surface area contributed by atoms with E-state index in [1.54, 1.807) is 0 Å². The molecule has 128 valence electrons. The monoisotopic (exact) mass is 333 g/mol. The van der Waals surface area contributed by atoms with Gasteiger partial charge in [0.2, 0.25) is 5.91 Å². The normalized spacial score (nSPS) is 13.6. The van der Waals surface area contributed by atoms with E-state index in [1.807, 2.05) is 11.5 Å². The molecule has 1 aromatic carbocycles. The lowest BCUT2D eigenvalue weighted by atomic mass is 10.0. The van der Waals surface area contributed by atoms with Crippen LogP contribution in [0.15, 0.2) is 18.2 Å². The molecular weight excluding hydrogens is 312 g/mol. The van der Waals surface area contributed by atoms with E-state index >= 15 is 0 Å². The van der Waals surface area contributed by atoms with Crippen molar-refractivity contribution in [1.29, 1.82) is 0 Å². The van der Waals surface area contributed by atoms with Gasteiger partial charge in [-0.15, -0.1) is 0 Å². The number of nitrogens with zero attached hydrogens (tertiary/aromatic N) is 2. The molecule has 1 heterocycles. The Kier molecular flexibility index (Phi) is 4.92. The van der Waals surface area contributed by atoms with Gasteiger partial charge < -0.3 is 9.88 Å². The molecule has 1 aliphatic rings. The topological polar surface area (TPSA) is 46.9 Å². The average Bonchev–Trinajstić information content (AvgIpc) is 2.86. The molecular formula is C18H21F2N3O. The van der Waals surface area contributed by atoms with Gasteiger partial charge in [0.1, 0.15) is 24.0 Å². The lowest BCUT2D eigenvalue weighted by molar-refractivity contribution is -0.121. The molecule has 24 heavy (non-hydrogen) atoms. The Labute approximate surface area is 139 Å². The van der Waals surface area contributed by atoms with E-state index in [1.165, 1.54) is 18.2 Å². The molecule has 3 rings (SSSR count). The van der Waals surface area contributed by atoms with E-state index in [2.05, 4.69) is 10.3 Å². The minimum absolute atomic E-state index is 0.00832. The summed E-state index contributed by atoms with van der Waals surface area (Å²) < 4.78 is 29.1. The first-order chi connectivity index (χ1) is 11.6. The van der Waals surface area contributed by atoms with E-state index < -0.39 is 11.6 Å². The SMILES string of the molecule is Cc1nc2c(n1CC(=O)NCCc1c(F)cccc1F)CCCC2. The molecule has 0 spiro atoms. The van der Waals surface area contributed by atoms with E-state index in [4.69, 9.17) is 0 Å². The van der Waals surface area contributed by atoms with Crippen LogP contribution in [0.4, 0.5) is 8.78 Å². The van der Waals surface area contributed by atoms with Crippen LogP contribution in [0.2, 0.25) is 0 Å². The third-order valence-corrected chi connectivity index (χ3v) is 4.48. The fourth-order valence-electron chi connectivity index (χ4n) is 3.24. The second-order valence-electron chi connectivity index (χ2n) is 6.15. The van der Waals surface area contributed by atoms with Crippen LogP contribution in [-0.4, -0.2) is 22.0 Å². The molecule has 1 N–H and O–H groups in total. The number of fused-ring (bicyclic) bond motifs is 1. The molecule has 0 atom stereocenters. The molecule has 0 aliphatic heterocycles. The number of carbonyl (C=O) groups excluding carboxylic acids is 1. The summed E-state index contributed by atoms with van der Waals surface area (Å²) in [7, 11) is 0. The first-order valence-corrected chi connectivity index (χ1v) is 8.30. The second kappa shape index (κ2) is 7.11. The molecule has 0 bridgehead atoms. The van der Waals surface area contributed by atoms with Gasteiger partial charge >= 0.3 is 0 Å². The number of benzene rings is 1. The number of halogens is 2. The molecule has 2 aromatic rings. The fraction of sp³-hybridized carbons (Fsp3) is 0.444. The Morgan fingerprint density at radius 2 is 1.96 bits per heavy atom. The highest BCUT2D eigenvalue weighted by atomic mass is 19.1. The van der Waals surface area contributed by atoms with Crippen LogP contribution in [0.1, 0.15) is 35.6 Å². The minimum Gasteiger partial charge on any atom is -0.354 e. The lowest BCUT2D eigenvalue weighted by Gasteiger charge is -2.14. The van der Waals surface area contributed by atoms with Gasteiger partial charge in [-0.2, -0.15) is 0 Å². The Hall–Kier alpha value is -2.24. The van der Waals surface area contributed by atoms with E-state index in [0.717, 1.165) is 42.9 Å². The summed E-state index contributed by atoms with van der Waals surface area (Å²) in [6.07, 6.45) is 4.31. The van der Waals surface area contributed by atoms with E-state index in [-0.39, 0.29) is 31.0 Å². The Morgan fingerprint density at radius 3 is 2.71 bits per heavy atom. The zero-order chi connectivity index (χ0) is 17.1. The van der Waals surface area contributed by atoms with Crippen molar-refractivity contribution in [2.24, 2.45) is 0 Å². The smallest absolute Gasteiger partial charge is 0.240 e. The zero-order valence-electron chi connectivity index (χ0n) is 13.7. The summed E-state index contributed by atoms with van der Waals surface area (Å²) in [5.41, 5.74) is 2.25. The molecule has 0 fully saturated rings. The van der Waals surface area contributed by atoms with Crippen LogP contribution in [0.25, 0.3) is 0 Å². The summed E-state index contributed by atoms with van der Waals surface area (Å²) in [6.45, 7) is 2.31. The van der Waals surface area contributed by atoms with Gasteiger partial charge in [-0.1, -0.05) is 6.07 Å². The third-order valence-electron chi connectivity index (χ3n) is 4.48. The van der Waals surface area contributed by atoms with Gasteiger partial charge in [-0.3, -0.25) is 4.79 Å². The molecule has 0 saturated heterocycles. The van der Waals surface area contributed by atoms with Crippen molar-refractivity contribution in [2.75, 3.05) is 6.54 Å². The van der Waals surface area contributed by atoms with Crippen molar-refractivity contribution >= 4 is 5.91 Å². The van der Waals surface area contributed by atoms with Crippen LogP contribution in [0, 0.1) is 18.6 Å². The molecule has 1 aliphatic carbocycles. The summed E-state index contributed by atoms with van der Waals surface area (Å²) in [4.78, 5) is 16.7. The van der Waals surface area contributed by atoms with E-state index in [9.17, 15) is 13.6 Å². The minimum atomic E-state index is -0.580. The van der Waals surface area contributed by atoms with Crippen molar-refractivity contribution in [3.63, 3.8) is 0 Å². The van der Waals surface area contributed by atoms with Gasteiger partial charge in [-0.05, 0) is 51.2 Å². The zero-order valence-corrected chi connectivity index (χ0v) is 13.7.